The molecule has 170 valence electrons. The summed E-state index contributed by atoms with van der Waals surface area (Å²) in [5, 5.41) is 0. The molecule has 1 nitrogen and oxygen atoms in total. The van der Waals surface area contributed by atoms with Gasteiger partial charge in [-0.15, -0.1) is 13.2 Å². The van der Waals surface area contributed by atoms with Crippen molar-refractivity contribution in [1.82, 2.24) is 0 Å². The van der Waals surface area contributed by atoms with Gasteiger partial charge in [0.15, 0.2) is 11.6 Å². The van der Waals surface area contributed by atoms with Gasteiger partial charge in [-0.05, 0) is 85.8 Å². The summed E-state index contributed by atoms with van der Waals surface area (Å²) in [6.07, 6.45) is 8.95. The Morgan fingerprint density at radius 3 is 2.07 bits per heavy atom. The molecule has 2 fully saturated rings. The van der Waals surface area contributed by atoms with Crippen LogP contribution in [0.25, 0.3) is 0 Å². The van der Waals surface area contributed by atoms with Gasteiger partial charge in [-0.2, -0.15) is 0 Å². The van der Waals surface area contributed by atoms with E-state index in [1.807, 2.05) is 0 Å². The molecule has 2 saturated carbocycles. The zero-order chi connectivity index (χ0) is 21.7. The molecule has 0 spiro atoms. The highest BCUT2D eigenvalue weighted by molar-refractivity contribution is 5.31. The maximum absolute atomic E-state index is 14.0. The van der Waals surface area contributed by atoms with E-state index in [0.717, 1.165) is 61.0 Å². The second-order valence-electron chi connectivity index (χ2n) is 9.95. The molecule has 0 radical (unpaired) electrons. The fourth-order valence-electron chi connectivity index (χ4n) is 5.67. The van der Waals surface area contributed by atoms with E-state index >= 15 is 0 Å². The van der Waals surface area contributed by atoms with Crippen LogP contribution in [0.1, 0.15) is 96.0 Å². The zero-order valence-electron chi connectivity index (χ0n) is 18.3. The minimum absolute atomic E-state index is 0.239. The molecule has 0 aliphatic heterocycles. The topological polar surface area (TPSA) is 9.23 Å². The molecule has 0 heterocycles. The fraction of sp³-hybridized carbons (Fsp3) is 0.760. The Morgan fingerprint density at radius 2 is 1.53 bits per heavy atom. The van der Waals surface area contributed by atoms with E-state index in [-0.39, 0.29) is 5.92 Å². The number of benzene rings is 1. The SMILES string of the molecule is CC(C)CCCC1CCC(C2CCC(c3ccc(OC(F)(F)F)c(F)c3)CC2)CC1. The van der Waals surface area contributed by atoms with E-state index in [2.05, 4.69) is 18.6 Å². The summed E-state index contributed by atoms with van der Waals surface area (Å²) in [5.41, 5.74) is 0.800. The molecule has 2 aliphatic carbocycles. The summed E-state index contributed by atoms with van der Waals surface area (Å²) >= 11 is 0. The maximum Gasteiger partial charge on any atom is 0.573 e. The van der Waals surface area contributed by atoms with Crippen LogP contribution >= 0.6 is 0 Å². The Hall–Kier alpha value is -1.26. The summed E-state index contributed by atoms with van der Waals surface area (Å²) in [6.45, 7) is 4.60. The molecule has 0 unspecified atom stereocenters. The second-order valence-corrected chi connectivity index (χ2v) is 9.95. The molecule has 3 rings (SSSR count). The van der Waals surface area contributed by atoms with Crippen molar-refractivity contribution in [3.63, 3.8) is 0 Å². The molecule has 1 aromatic rings. The van der Waals surface area contributed by atoms with Crippen molar-refractivity contribution < 1.29 is 22.3 Å². The van der Waals surface area contributed by atoms with Crippen molar-refractivity contribution in [1.29, 1.82) is 0 Å². The number of hydrogen-bond acceptors (Lipinski definition) is 1. The highest BCUT2D eigenvalue weighted by Crippen LogP contribution is 2.45. The van der Waals surface area contributed by atoms with Crippen molar-refractivity contribution in [3.8, 4) is 5.75 Å². The highest BCUT2D eigenvalue weighted by atomic mass is 19.4. The van der Waals surface area contributed by atoms with Gasteiger partial charge in [-0.25, -0.2) is 4.39 Å². The van der Waals surface area contributed by atoms with Crippen LogP contribution in [-0.4, -0.2) is 6.36 Å². The third-order valence-electron chi connectivity index (χ3n) is 7.38. The molecular weight excluding hydrogens is 392 g/mol. The molecule has 1 aromatic carbocycles. The molecule has 0 atom stereocenters. The number of rotatable bonds is 7. The van der Waals surface area contributed by atoms with Crippen molar-refractivity contribution in [2.45, 2.75) is 96.8 Å². The Labute approximate surface area is 178 Å². The van der Waals surface area contributed by atoms with E-state index in [0.29, 0.717) is 0 Å². The first kappa shape index (κ1) is 23.4. The predicted molar refractivity (Wildman–Crippen MR) is 112 cm³/mol. The van der Waals surface area contributed by atoms with Gasteiger partial charge in [0.25, 0.3) is 0 Å². The van der Waals surface area contributed by atoms with Gasteiger partial charge in [0.2, 0.25) is 0 Å². The maximum atomic E-state index is 14.0. The third kappa shape index (κ3) is 6.88. The lowest BCUT2D eigenvalue weighted by Gasteiger charge is -2.38. The fourth-order valence-corrected chi connectivity index (χ4v) is 5.67. The second kappa shape index (κ2) is 10.4. The number of halogens is 4. The molecule has 0 amide bonds. The van der Waals surface area contributed by atoms with Gasteiger partial charge in [0.05, 0.1) is 0 Å². The van der Waals surface area contributed by atoms with Crippen LogP contribution in [-0.2, 0) is 0 Å². The van der Waals surface area contributed by atoms with Crippen LogP contribution < -0.4 is 4.74 Å². The molecule has 0 N–H and O–H groups in total. The lowest BCUT2D eigenvalue weighted by Crippen LogP contribution is -2.25. The minimum Gasteiger partial charge on any atom is -0.403 e. The highest BCUT2D eigenvalue weighted by Gasteiger charge is 2.34. The first-order chi connectivity index (χ1) is 14.2. The van der Waals surface area contributed by atoms with E-state index in [4.69, 9.17) is 0 Å². The van der Waals surface area contributed by atoms with Gasteiger partial charge in [-0.1, -0.05) is 52.0 Å². The normalized spacial score (nSPS) is 28.0. The van der Waals surface area contributed by atoms with Gasteiger partial charge in [-0.3, -0.25) is 0 Å². The van der Waals surface area contributed by atoms with E-state index in [1.165, 1.54) is 51.0 Å². The van der Waals surface area contributed by atoms with Gasteiger partial charge in [0, 0.05) is 0 Å². The Balaban J connectivity index is 1.44. The zero-order valence-corrected chi connectivity index (χ0v) is 18.3. The van der Waals surface area contributed by atoms with Gasteiger partial charge in [0.1, 0.15) is 0 Å². The number of ether oxygens (including phenoxy) is 1. The molecule has 0 bridgehead atoms. The standard InChI is InChI=1S/C25H36F4O/c1-17(2)4-3-5-18-6-8-19(9-7-18)20-10-12-21(13-11-20)22-14-15-24(23(26)16-22)30-25(27,28)29/h14-21H,3-13H2,1-2H3. The van der Waals surface area contributed by atoms with E-state index < -0.39 is 17.9 Å². The Bertz CT molecular complexity index is 654. The first-order valence-electron chi connectivity index (χ1n) is 11.8. The predicted octanol–water partition coefficient (Wildman–Crippen LogP) is 8.63. The molecule has 2 aliphatic rings. The van der Waals surface area contributed by atoms with E-state index in [9.17, 15) is 17.6 Å². The van der Waals surface area contributed by atoms with Crippen molar-refractivity contribution in [3.05, 3.63) is 29.6 Å². The average molecular weight is 429 g/mol. The Morgan fingerprint density at radius 1 is 0.933 bits per heavy atom. The number of alkyl halides is 3. The van der Waals surface area contributed by atoms with Crippen molar-refractivity contribution in [2.24, 2.45) is 23.7 Å². The lowest BCUT2D eigenvalue weighted by molar-refractivity contribution is -0.275. The van der Waals surface area contributed by atoms with Crippen LogP contribution in [0.2, 0.25) is 0 Å². The van der Waals surface area contributed by atoms with E-state index in [1.54, 1.807) is 6.07 Å². The summed E-state index contributed by atoms with van der Waals surface area (Å²) in [7, 11) is 0. The molecular formula is C25H36F4O. The quantitative estimate of drug-likeness (QED) is 0.395. The largest absolute Gasteiger partial charge is 0.573 e. The Kier molecular flexibility index (Phi) is 8.09. The summed E-state index contributed by atoms with van der Waals surface area (Å²) in [6, 6.07) is 3.94. The van der Waals surface area contributed by atoms with Crippen molar-refractivity contribution >= 4 is 0 Å². The monoisotopic (exact) mass is 428 g/mol. The molecule has 5 heteroatoms. The lowest BCUT2D eigenvalue weighted by atomic mass is 9.68. The summed E-state index contributed by atoms with van der Waals surface area (Å²) < 4.78 is 54.8. The van der Waals surface area contributed by atoms with Crippen LogP contribution in [0, 0.1) is 29.5 Å². The minimum atomic E-state index is -4.87. The van der Waals surface area contributed by atoms with Gasteiger partial charge < -0.3 is 4.74 Å². The van der Waals surface area contributed by atoms with Crippen LogP contribution in [0.15, 0.2) is 18.2 Å². The molecule has 0 saturated heterocycles. The van der Waals surface area contributed by atoms with Crippen LogP contribution in [0.4, 0.5) is 17.6 Å². The summed E-state index contributed by atoms with van der Waals surface area (Å²) in [5.74, 6) is 1.87. The molecule has 30 heavy (non-hydrogen) atoms. The van der Waals surface area contributed by atoms with Crippen molar-refractivity contribution in [2.75, 3.05) is 0 Å². The number of hydrogen-bond donors (Lipinski definition) is 0. The van der Waals surface area contributed by atoms with Crippen LogP contribution in [0.5, 0.6) is 5.75 Å². The molecule has 0 aromatic heterocycles. The first-order valence-corrected chi connectivity index (χ1v) is 11.8. The summed E-state index contributed by atoms with van der Waals surface area (Å²) in [4.78, 5) is 0. The smallest absolute Gasteiger partial charge is 0.403 e. The average Bonchev–Trinajstić information content (AvgIpc) is 2.69. The third-order valence-corrected chi connectivity index (χ3v) is 7.38. The van der Waals surface area contributed by atoms with Crippen LogP contribution in [0.3, 0.4) is 0 Å². The van der Waals surface area contributed by atoms with Gasteiger partial charge >= 0.3 is 6.36 Å².